The number of anilines is 3. The van der Waals surface area contributed by atoms with Crippen molar-refractivity contribution in [2.75, 3.05) is 141 Å². The van der Waals surface area contributed by atoms with Crippen molar-refractivity contribution >= 4 is 28.6 Å². The molecule has 18 heteroatoms. The Morgan fingerprint density at radius 2 is 1.52 bits per heavy atom. The second-order valence-corrected chi connectivity index (χ2v) is 16.4. The summed E-state index contributed by atoms with van der Waals surface area (Å²) in [7, 11) is 1.99. The molecule has 0 bridgehead atoms. The minimum Gasteiger partial charge on any atom is -0.383 e. The highest BCUT2D eigenvalue weighted by molar-refractivity contribution is 5.98. The molecule has 0 aliphatic carbocycles. The maximum absolute atomic E-state index is 6.40. The van der Waals surface area contributed by atoms with E-state index in [2.05, 4.69) is 70.0 Å². The van der Waals surface area contributed by atoms with Gasteiger partial charge in [-0.2, -0.15) is 5.10 Å². The zero-order chi connectivity index (χ0) is 43.8. The van der Waals surface area contributed by atoms with E-state index in [1.165, 1.54) is 34.3 Å². The van der Waals surface area contributed by atoms with E-state index in [-0.39, 0.29) is 0 Å². The Balaban J connectivity index is 0.648. The summed E-state index contributed by atoms with van der Waals surface area (Å²) in [4.78, 5) is 27.7. The molecule has 0 radical (unpaired) electrons. The molecule has 3 aliphatic rings. The number of benzene rings is 1. The number of aryl methyl sites for hydroxylation is 1. The highest BCUT2D eigenvalue weighted by atomic mass is 16.6. The smallest absolute Gasteiger partial charge is 0.225 e. The summed E-state index contributed by atoms with van der Waals surface area (Å²) in [5.41, 5.74) is 16.2. The van der Waals surface area contributed by atoms with Crippen LogP contribution in [0.5, 0.6) is 0 Å². The maximum Gasteiger partial charge on any atom is 0.225 e. The van der Waals surface area contributed by atoms with Crippen LogP contribution in [0.25, 0.3) is 22.3 Å². The van der Waals surface area contributed by atoms with Crippen molar-refractivity contribution < 1.29 is 23.7 Å². The Bertz CT molecular complexity index is 2230. The number of hydrogen-bond donors (Lipinski definition) is 4. The van der Waals surface area contributed by atoms with Crippen LogP contribution in [0.1, 0.15) is 39.9 Å². The summed E-state index contributed by atoms with van der Waals surface area (Å²) < 4.78 is 30.7. The van der Waals surface area contributed by atoms with Gasteiger partial charge in [-0.25, -0.2) is 29.6 Å². The number of hydrogen-bond acceptors (Lipinski definition) is 17. The molecular formula is C46H65N13O5. The largest absolute Gasteiger partial charge is 0.383 e. The fraction of sp³-hybridized carbons (Fsp3) is 0.565. The fourth-order valence-corrected chi connectivity index (χ4v) is 8.42. The summed E-state index contributed by atoms with van der Waals surface area (Å²) in [6.07, 6.45) is 10.0. The molecule has 0 amide bonds. The third kappa shape index (κ3) is 12.4. The van der Waals surface area contributed by atoms with Crippen LogP contribution < -0.4 is 26.6 Å². The van der Waals surface area contributed by atoms with Crippen molar-refractivity contribution in [2.24, 2.45) is 0 Å². The predicted octanol–water partition coefficient (Wildman–Crippen LogP) is 2.52. The van der Waals surface area contributed by atoms with E-state index in [0.717, 1.165) is 125 Å². The van der Waals surface area contributed by atoms with Crippen molar-refractivity contribution in [3.05, 3.63) is 76.5 Å². The number of nitrogens with one attached hydrogen (secondary N) is 3. The number of ether oxygens (including phenoxy) is 5. The van der Waals surface area contributed by atoms with Crippen LogP contribution in [0.4, 0.5) is 17.6 Å². The molecule has 4 aromatic heterocycles. The molecule has 8 rings (SSSR count). The molecule has 18 nitrogen and oxygen atoms in total. The monoisotopic (exact) mass is 880 g/mol. The van der Waals surface area contributed by atoms with E-state index in [4.69, 9.17) is 39.5 Å². The molecule has 64 heavy (non-hydrogen) atoms. The zero-order valence-corrected chi connectivity index (χ0v) is 37.4. The van der Waals surface area contributed by atoms with Gasteiger partial charge in [0.15, 0.2) is 5.65 Å². The summed E-state index contributed by atoms with van der Waals surface area (Å²) in [5.74, 6) is 2.21. The summed E-state index contributed by atoms with van der Waals surface area (Å²) in [6.45, 7) is 14.7. The van der Waals surface area contributed by atoms with Crippen LogP contribution in [0, 0.1) is 0 Å². The van der Waals surface area contributed by atoms with E-state index in [1.807, 2.05) is 24.1 Å². The predicted molar refractivity (Wildman–Crippen MR) is 247 cm³/mol. The van der Waals surface area contributed by atoms with Gasteiger partial charge in [0, 0.05) is 88.9 Å². The van der Waals surface area contributed by atoms with Crippen molar-refractivity contribution in [1.29, 1.82) is 0 Å². The summed E-state index contributed by atoms with van der Waals surface area (Å²) >= 11 is 0. The van der Waals surface area contributed by atoms with E-state index in [9.17, 15) is 0 Å². The Morgan fingerprint density at radius 3 is 2.30 bits per heavy atom. The molecule has 1 fully saturated rings. The average molecular weight is 880 g/mol. The Hall–Kier alpha value is -4.92. The van der Waals surface area contributed by atoms with E-state index in [0.29, 0.717) is 84.1 Å². The Morgan fingerprint density at radius 1 is 0.750 bits per heavy atom. The van der Waals surface area contributed by atoms with Gasteiger partial charge in [-0.05, 0) is 67.6 Å². The molecule has 1 aromatic carbocycles. The van der Waals surface area contributed by atoms with E-state index < -0.39 is 0 Å². The van der Waals surface area contributed by atoms with Crippen molar-refractivity contribution in [1.82, 2.24) is 50.2 Å². The van der Waals surface area contributed by atoms with Crippen LogP contribution in [0.2, 0.25) is 0 Å². The number of piperazine rings is 1. The van der Waals surface area contributed by atoms with Crippen LogP contribution >= 0.6 is 0 Å². The minimum absolute atomic E-state index is 0.413. The normalized spacial score (nSPS) is 15.2. The standard InChI is InChI=1S/C46H65N13O5/c1-48-9-6-36-27-34(32-59-45-41(43(47)53-33-54-45)42(56-59)38-28-37-7-11-50-44(37)51-30-38)4-5-35(36)3-2-17-60-19-21-62-23-25-64-26-24-63-22-20-61-18-16-57-12-14-58(15-13-57)46-52-31-39-29-49-10-8-40(39)55-46/h4-5,27-28,30-31,33,48-49H,2-3,6-26,29,32H2,1H3,(H,50,51)(H2,47,53,54). The Kier molecular flexibility index (Phi) is 17.0. The number of rotatable bonds is 26. The molecule has 7 heterocycles. The molecule has 0 saturated carbocycles. The number of aromatic nitrogens is 7. The number of likely N-dealkylation sites (N-methyl/N-ethyl adjacent to an activating group) is 1. The molecule has 5 N–H and O–H groups in total. The van der Waals surface area contributed by atoms with E-state index in [1.54, 1.807) is 0 Å². The lowest BCUT2D eigenvalue weighted by atomic mass is 9.97. The number of nitrogens with two attached hydrogens (primary N) is 1. The zero-order valence-electron chi connectivity index (χ0n) is 37.4. The maximum atomic E-state index is 6.40. The van der Waals surface area contributed by atoms with Crippen molar-refractivity contribution in [3.63, 3.8) is 0 Å². The van der Waals surface area contributed by atoms with Crippen molar-refractivity contribution in [3.8, 4) is 11.3 Å². The third-order valence-electron chi connectivity index (χ3n) is 12.0. The van der Waals surface area contributed by atoms with E-state index >= 15 is 0 Å². The van der Waals surface area contributed by atoms with Gasteiger partial charge in [0.25, 0.3) is 0 Å². The van der Waals surface area contributed by atoms with Gasteiger partial charge in [-0.1, -0.05) is 18.2 Å². The lowest BCUT2D eigenvalue weighted by Gasteiger charge is -2.35. The topological polar surface area (TPSA) is 197 Å². The van der Waals surface area contributed by atoms with Gasteiger partial charge < -0.3 is 50.3 Å². The highest BCUT2D eigenvalue weighted by Gasteiger charge is 2.22. The summed E-state index contributed by atoms with van der Waals surface area (Å²) in [5, 5.41) is 15.8. The lowest BCUT2D eigenvalue weighted by molar-refractivity contribution is -0.0124. The number of nitrogen functional groups attached to an aromatic ring is 1. The van der Waals surface area contributed by atoms with Gasteiger partial charge in [-0.15, -0.1) is 0 Å². The van der Waals surface area contributed by atoms with Crippen LogP contribution in [0.15, 0.2) is 43.0 Å². The fourth-order valence-electron chi connectivity index (χ4n) is 8.42. The first-order valence-corrected chi connectivity index (χ1v) is 23.0. The number of pyridine rings is 1. The molecule has 5 aromatic rings. The van der Waals surface area contributed by atoms with Gasteiger partial charge in [-0.3, -0.25) is 4.90 Å². The van der Waals surface area contributed by atoms with Gasteiger partial charge in [0.1, 0.15) is 23.7 Å². The van der Waals surface area contributed by atoms with Crippen LogP contribution in [-0.4, -0.2) is 165 Å². The molecule has 0 atom stereocenters. The van der Waals surface area contributed by atoms with Crippen molar-refractivity contribution in [2.45, 2.75) is 45.2 Å². The lowest BCUT2D eigenvalue weighted by Crippen LogP contribution is -2.48. The molecule has 344 valence electrons. The Labute approximate surface area is 376 Å². The second kappa shape index (κ2) is 23.8. The SMILES string of the molecule is CNCCc1cc(Cn2nc(-c3cnc4c(c3)CCN4)c3c(N)ncnc32)ccc1CCCOCCOCCOCCOCCOCCN1CCN(c2ncc3c(n2)CCNC3)CC1. The average Bonchev–Trinajstić information content (AvgIpc) is 3.96. The first kappa shape index (κ1) is 45.6. The quantitative estimate of drug-likeness (QED) is 0.0591. The molecule has 0 spiro atoms. The van der Waals surface area contributed by atoms with Crippen LogP contribution in [0.3, 0.4) is 0 Å². The number of fused-ring (bicyclic) bond motifs is 3. The number of nitrogens with zero attached hydrogens (tertiary/aromatic N) is 9. The summed E-state index contributed by atoms with van der Waals surface area (Å²) in [6, 6.07) is 8.87. The first-order chi connectivity index (χ1) is 31.6. The molecule has 0 unspecified atom stereocenters. The third-order valence-corrected chi connectivity index (χ3v) is 12.0. The molecule has 3 aliphatic heterocycles. The second-order valence-electron chi connectivity index (χ2n) is 16.4. The highest BCUT2D eigenvalue weighted by Crippen LogP contribution is 2.33. The molecule has 1 saturated heterocycles. The van der Waals surface area contributed by atoms with Gasteiger partial charge >= 0.3 is 0 Å². The van der Waals surface area contributed by atoms with Gasteiger partial charge in [0.2, 0.25) is 5.95 Å². The first-order valence-electron chi connectivity index (χ1n) is 23.0. The minimum atomic E-state index is 0.413. The molecular weight excluding hydrogens is 815 g/mol. The van der Waals surface area contributed by atoms with Gasteiger partial charge in [0.05, 0.1) is 77.1 Å². The van der Waals surface area contributed by atoms with Crippen LogP contribution in [-0.2, 0) is 62.5 Å².